The van der Waals surface area contributed by atoms with Crippen molar-refractivity contribution in [1.82, 2.24) is 0 Å². The van der Waals surface area contributed by atoms with Crippen molar-refractivity contribution < 1.29 is 0 Å². The highest BCUT2D eigenvalue weighted by Crippen LogP contribution is 2.11. The van der Waals surface area contributed by atoms with E-state index in [4.69, 9.17) is 0 Å². The smallest absolute Gasteiger partial charge is 0.0299 e. The molecule has 0 aromatic heterocycles. The Labute approximate surface area is 54.4 Å². The van der Waals surface area contributed by atoms with Gasteiger partial charge in [-0.15, -0.1) is 0 Å². The average Bonchev–Trinajstić information content (AvgIpc) is 1.68. The molecule has 7 heavy (non-hydrogen) atoms. The molecule has 0 saturated heterocycles. The minimum atomic E-state index is 0.741. The predicted octanol–water partition coefficient (Wildman–Crippen LogP) is 2.98. The lowest BCUT2D eigenvalue weighted by atomic mass is 10.1. The molecular weight excluding hydrogens is 152 g/mol. The number of rotatable bonds is 3. The topological polar surface area (TPSA) is 0 Å². The molecule has 0 bridgehead atoms. The Bertz CT molecular complexity index is 35.2. The van der Waals surface area contributed by atoms with Gasteiger partial charge in [0.15, 0.2) is 0 Å². The first-order valence-electron chi connectivity index (χ1n) is 2.74. The summed E-state index contributed by atoms with van der Waals surface area (Å²) in [4.78, 5) is 0. The summed E-state index contributed by atoms with van der Waals surface area (Å²) in [7, 11) is 0. The second-order valence-electron chi connectivity index (χ2n) is 1.89. The summed E-state index contributed by atoms with van der Waals surface area (Å²) < 4.78 is 0. The zero-order valence-electron chi connectivity index (χ0n) is 4.95. The van der Waals surface area contributed by atoms with Gasteiger partial charge in [0.25, 0.3) is 0 Å². The maximum atomic E-state index is 3.29. The Balaban J connectivity index is 2.83. The van der Waals surface area contributed by atoms with E-state index in [0.29, 0.717) is 0 Å². The fraction of sp³-hybridized carbons (Fsp3) is 0.833. The molecule has 0 nitrogen and oxygen atoms in total. The summed E-state index contributed by atoms with van der Waals surface area (Å²) in [5, 5.41) is 2.07. The van der Waals surface area contributed by atoms with Crippen molar-refractivity contribution >= 4 is 15.9 Å². The molecule has 43 valence electrons. The van der Waals surface area contributed by atoms with Crippen LogP contribution in [-0.2, 0) is 0 Å². The first kappa shape index (κ1) is 7.48. The maximum absolute atomic E-state index is 3.29. The minimum absolute atomic E-state index is 0.741. The van der Waals surface area contributed by atoms with E-state index in [1.165, 1.54) is 12.8 Å². The standard InChI is InChI=1S/C6H12Br/c1-3-4-6(2)5-7/h5-6H,3-4H2,1-2H3. The molecule has 0 rings (SSSR count). The lowest BCUT2D eigenvalue weighted by Gasteiger charge is -2.00. The van der Waals surface area contributed by atoms with E-state index in [-0.39, 0.29) is 0 Å². The average molecular weight is 164 g/mol. The summed E-state index contributed by atoms with van der Waals surface area (Å²) in [6.45, 7) is 4.41. The zero-order valence-corrected chi connectivity index (χ0v) is 6.53. The van der Waals surface area contributed by atoms with Crippen LogP contribution in [0.5, 0.6) is 0 Å². The molecule has 0 aliphatic heterocycles. The second-order valence-corrected chi connectivity index (χ2v) is 2.42. The van der Waals surface area contributed by atoms with E-state index >= 15 is 0 Å². The van der Waals surface area contributed by atoms with Crippen LogP contribution >= 0.6 is 15.9 Å². The Morgan fingerprint density at radius 2 is 2.29 bits per heavy atom. The lowest BCUT2D eigenvalue weighted by Crippen LogP contribution is -1.87. The van der Waals surface area contributed by atoms with Gasteiger partial charge in [-0.05, 0) is 12.3 Å². The van der Waals surface area contributed by atoms with E-state index in [1.54, 1.807) is 0 Å². The van der Waals surface area contributed by atoms with E-state index < -0.39 is 0 Å². The van der Waals surface area contributed by atoms with Gasteiger partial charge >= 0.3 is 0 Å². The highest BCUT2D eigenvalue weighted by Gasteiger charge is 1.94. The fourth-order valence-corrected chi connectivity index (χ4v) is 0.783. The van der Waals surface area contributed by atoms with Crippen LogP contribution in [-0.4, -0.2) is 0 Å². The van der Waals surface area contributed by atoms with Crippen LogP contribution in [0, 0.1) is 11.2 Å². The van der Waals surface area contributed by atoms with Crippen LogP contribution in [0.3, 0.4) is 0 Å². The SMILES string of the molecule is CCCC(C)[CH]Br. The summed E-state index contributed by atoms with van der Waals surface area (Å²) in [6.07, 6.45) is 2.58. The second kappa shape index (κ2) is 4.63. The number of hydrogen-bond acceptors (Lipinski definition) is 0. The predicted molar refractivity (Wildman–Crippen MR) is 37.3 cm³/mol. The highest BCUT2D eigenvalue weighted by atomic mass is 79.9. The van der Waals surface area contributed by atoms with Crippen molar-refractivity contribution in [3.8, 4) is 0 Å². The third-order valence-electron chi connectivity index (χ3n) is 0.959. The molecule has 0 aromatic rings. The van der Waals surface area contributed by atoms with Gasteiger partial charge in [0.05, 0.1) is 0 Å². The zero-order chi connectivity index (χ0) is 5.70. The molecule has 0 aliphatic rings. The molecule has 0 saturated carbocycles. The highest BCUT2D eigenvalue weighted by molar-refractivity contribution is 9.10. The van der Waals surface area contributed by atoms with Crippen molar-refractivity contribution in [3.63, 3.8) is 0 Å². The molecule has 0 aliphatic carbocycles. The van der Waals surface area contributed by atoms with Crippen molar-refractivity contribution in [1.29, 1.82) is 0 Å². The van der Waals surface area contributed by atoms with E-state index in [2.05, 4.69) is 35.1 Å². The monoisotopic (exact) mass is 163 g/mol. The quantitative estimate of drug-likeness (QED) is 0.601. The van der Waals surface area contributed by atoms with Crippen LogP contribution in [0.2, 0.25) is 0 Å². The first-order chi connectivity index (χ1) is 3.31. The molecular formula is C6H12Br. The minimum Gasteiger partial charge on any atom is -0.0876 e. The van der Waals surface area contributed by atoms with Gasteiger partial charge in [0.1, 0.15) is 0 Å². The van der Waals surface area contributed by atoms with Gasteiger partial charge in [0, 0.05) is 5.33 Å². The Morgan fingerprint density at radius 1 is 1.71 bits per heavy atom. The summed E-state index contributed by atoms with van der Waals surface area (Å²) in [5.74, 6) is 0.741. The molecule has 0 fully saturated rings. The fourth-order valence-electron chi connectivity index (χ4n) is 0.518. The molecule has 0 spiro atoms. The van der Waals surface area contributed by atoms with Gasteiger partial charge in [0.2, 0.25) is 0 Å². The van der Waals surface area contributed by atoms with Crippen molar-refractivity contribution in [2.45, 2.75) is 26.7 Å². The van der Waals surface area contributed by atoms with Crippen molar-refractivity contribution in [2.75, 3.05) is 0 Å². The van der Waals surface area contributed by atoms with Crippen LogP contribution in [0.1, 0.15) is 26.7 Å². The van der Waals surface area contributed by atoms with Gasteiger partial charge in [-0.1, -0.05) is 36.2 Å². The molecule has 0 heterocycles. The third kappa shape index (κ3) is 4.33. The molecule has 1 heteroatoms. The van der Waals surface area contributed by atoms with Gasteiger partial charge in [-0.25, -0.2) is 0 Å². The number of hydrogen-bond donors (Lipinski definition) is 0. The molecule has 0 amide bonds. The van der Waals surface area contributed by atoms with Crippen molar-refractivity contribution in [3.05, 3.63) is 5.33 Å². The van der Waals surface area contributed by atoms with Gasteiger partial charge in [-0.3, -0.25) is 0 Å². The number of halogens is 1. The molecule has 1 atom stereocenters. The van der Waals surface area contributed by atoms with Gasteiger partial charge in [-0.2, -0.15) is 0 Å². The summed E-state index contributed by atoms with van der Waals surface area (Å²) >= 11 is 3.29. The molecule has 0 aromatic carbocycles. The normalized spacial score (nSPS) is 14.1. The Kier molecular flexibility index (Phi) is 4.95. The van der Waals surface area contributed by atoms with Crippen LogP contribution in [0.4, 0.5) is 0 Å². The van der Waals surface area contributed by atoms with E-state index in [1.807, 2.05) is 0 Å². The van der Waals surface area contributed by atoms with Crippen LogP contribution < -0.4 is 0 Å². The lowest BCUT2D eigenvalue weighted by molar-refractivity contribution is 0.624. The summed E-state index contributed by atoms with van der Waals surface area (Å²) in [5.41, 5.74) is 0. The largest absolute Gasteiger partial charge is 0.0876 e. The van der Waals surface area contributed by atoms with E-state index in [9.17, 15) is 0 Å². The molecule has 1 radical (unpaired) electrons. The van der Waals surface area contributed by atoms with Crippen molar-refractivity contribution in [2.24, 2.45) is 5.92 Å². The maximum Gasteiger partial charge on any atom is 0.0299 e. The molecule has 0 N–H and O–H groups in total. The van der Waals surface area contributed by atoms with Crippen LogP contribution in [0.25, 0.3) is 0 Å². The molecule has 1 unspecified atom stereocenters. The Morgan fingerprint density at radius 3 is 2.43 bits per heavy atom. The van der Waals surface area contributed by atoms with Crippen LogP contribution in [0.15, 0.2) is 0 Å². The summed E-state index contributed by atoms with van der Waals surface area (Å²) in [6, 6.07) is 0. The third-order valence-corrected chi connectivity index (χ3v) is 1.86. The Hall–Kier alpha value is 0.480. The first-order valence-corrected chi connectivity index (χ1v) is 3.66. The van der Waals surface area contributed by atoms with Gasteiger partial charge < -0.3 is 0 Å². The van der Waals surface area contributed by atoms with E-state index in [0.717, 1.165) is 5.92 Å².